The van der Waals surface area contributed by atoms with E-state index in [9.17, 15) is 4.79 Å². The monoisotopic (exact) mass is 342 g/mol. The summed E-state index contributed by atoms with van der Waals surface area (Å²) in [6.07, 6.45) is 1.02. The molecule has 4 heteroatoms. The van der Waals surface area contributed by atoms with Gasteiger partial charge in [0.05, 0.1) is 0 Å². The summed E-state index contributed by atoms with van der Waals surface area (Å²) in [5.74, 6) is 0.146. The molecule has 1 aliphatic rings. The van der Waals surface area contributed by atoms with Crippen molar-refractivity contribution in [3.8, 4) is 0 Å². The Morgan fingerprint density at radius 2 is 1.58 bits per heavy atom. The van der Waals surface area contributed by atoms with Gasteiger partial charge >= 0.3 is 0 Å². The first-order valence-corrected chi connectivity index (χ1v) is 8.82. The molecule has 126 valence electrons. The Morgan fingerprint density at radius 1 is 0.958 bits per heavy atom. The van der Waals surface area contributed by atoms with E-state index in [-0.39, 0.29) is 5.91 Å². The molecule has 0 atom stereocenters. The normalized spacial score (nSPS) is 15.5. The number of benzene rings is 2. The second kappa shape index (κ2) is 7.82. The van der Waals surface area contributed by atoms with E-state index >= 15 is 0 Å². The fourth-order valence-corrected chi connectivity index (χ4v) is 3.12. The zero-order valence-corrected chi connectivity index (χ0v) is 14.8. The van der Waals surface area contributed by atoms with Crippen LogP contribution in [0.2, 0.25) is 5.02 Å². The maximum absolute atomic E-state index is 12.5. The highest BCUT2D eigenvalue weighted by atomic mass is 35.5. The van der Waals surface area contributed by atoms with Crippen LogP contribution in [-0.2, 0) is 6.42 Å². The van der Waals surface area contributed by atoms with Gasteiger partial charge in [0.15, 0.2) is 0 Å². The van der Waals surface area contributed by atoms with Crippen LogP contribution in [0.15, 0.2) is 48.5 Å². The van der Waals surface area contributed by atoms with Crippen LogP contribution in [0.4, 0.5) is 0 Å². The van der Waals surface area contributed by atoms with E-state index in [1.165, 1.54) is 11.1 Å². The van der Waals surface area contributed by atoms with E-state index in [1.807, 2.05) is 48.2 Å². The summed E-state index contributed by atoms with van der Waals surface area (Å²) in [6.45, 7) is 6.53. The van der Waals surface area contributed by atoms with Crippen LogP contribution in [0.25, 0.3) is 0 Å². The van der Waals surface area contributed by atoms with Crippen molar-refractivity contribution in [1.82, 2.24) is 9.80 Å². The van der Waals surface area contributed by atoms with Crippen LogP contribution in [0.3, 0.4) is 0 Å². The van der Waals surface area contributed by atoms with Crippen molar-refractivity contribution in [3.05, 3.63) is 70.2 Å². The van der Waals surface area contributed by atoms with E-state index < -0.39 is 0 Å². The van der Waals surface area contributed by atoms with Crippen LogP contribution in [0.5, 0.6) is 0 Å². The Balaban J connectivity index is 1.47. The minimum Gasteiger partial charge on any atom is -0.336 e. The predicted octanol–water partition coefficient (Wildman–Crippen LogP) is 3.65. The van der Waals surface area contributed by atoms with E-state index in [0.29, 0.717) is 0 Å². The number of nitrogens with zero attached hydrogens (tertiary/aromatic N) is 2. The molecule has 24 heavy (non-hydrogen) atoms. The maximum atomic E-state index is 12.5. The molecular formula is C20H23ClN2O. The Hall–Kier alpha value is -1.84. The Kier molecular flexibility index (Phi) is 5.54. The smallest absolute Gasteiger partial charge is 0.253 e. The molecule has 0 aliphatic carbocycles. The Labute approximate surface area is 148 Å². The fraction of sp³-hybridized carbons (Fsp3) is 0.350. The predicted molar refractivity (Wildman–Crippen MR) is 98.7 cm³/mol. The van der Waals surface area contributed by atoms with Crippen molar-refractivity contribution in [2.75, 3.05) is 32.7 Å². The second-order valence-electron chi connectivity index (χ2n) is 6.38. The largest absolute Gasteiger partial charge is 0.336 e. The van der Waals surface area contributed by atoms with Crippen LogP contribution in [0.1, 0.15) is 21.5 Å². The zero-order valence-electron chi connectivity index (χ0n) is 14.0. The SMILES string of the molecule is Cc1ccc(C(=O)N2CCN(CCc3ccc(Cl)cc3)CC2)cc1. The van der Waals surface area contributed by atoms with Gasteiger partial charge in [0, 0.05) is 43.3 Å². The summed E-state index contributed by atoms with van der Waals surface area (Å²) in [6, 6.07) is 15.9. The van der Waals surface area contributed by atoms with Crippen LogP contribution < -0.4 is 0 Å². The molecule has 0 radical (unpaired) electrons. The first-order valence-electron chi connectivity index (χ1n) is 8.44. The number of amides is 1. The Bertz CT molecular complexity index is 674. The quantitative estimate of drug-likeness (QED) is 0.846. The van der Waals surface area contributed by atoms with Crippen LogP contribution >= 0.6 is 11.6 Å². The number of carbonyl (C=O) groups excluding carboxylic acids is 1. The fourth-order valence-electron chi connectivity index (χ4n) is 2.99. The number of aryl methyl sites for hydroxylation is 1. The lowest BCUT2D eigenvalue weighted by molar-refractivity contribution is 0.0638. The first-order chi connectivity index (χ1) is 11.6. The van der Waals surface area contributed by atoms with Crippen molar-refractivity contribution in [1.29, 1.82) is 0 Å². The average molecular weight is 343 g/mol. The van der Waals surface area contributed by atoms with Crippen molar-refractivity contribution in [2.24, 2.45) is 0 Å². The van der Waals surface area contributed by atoms with Gasteiger partial charge in [-0.15, -0.1) is 0 Å². The molecule has 2 aromatic carbocycles. The lowest BCUT2D eigenvalue weighted by Crippen LogP contribution is -2.49. The van der Waals surface area contributed by atoms with Crippen LogP contribution in [-0.4, -0.2) is 48.4 Å². The van der Waals surface area contributed by atoms with Gasteiger partial charge in [0.25, 0.3) is 5.91 Å². The third-order valence-electron chi connectivity index (χ3n) is 4.59. The summed E-state index contributed by atoms with van der Waals surface area (Å²) >= 11 is 5.92. The number of hydrogen-bond acceptors (Lipinski definition) is 2. The molecule has 1 heterocycles. The van der Waals surface area contributed by atoms with Gasteiger partial charge in [-0.2, -0.15) is 0 Å². The van der Waals surface area contributed by atoms with Gasteiger partial charge < -0.3 is 4.90 Å². The molecule has 1 amide bonds. The van der Waals surface area contributed by atoms with Gasteiger partial charge in [-0.05, 0) is 43.2 Å². The zero-order chi connectivity index (χ0) is 16.9. The van der Waals surface area contributed by atoms with E-state index in [0.717, 1.165) is 49.7 Å². The molecule has 3 nitrogen and oxygen atoms in total. The molecule has 1 aliphatic heterocycles. The number of piperazine rings is 1. The number of halogens is 1. The van der Waals surface area contributed by atoms with Gasteiger partial charge in [-0.1, -0.05) is 41.4 Å². The summed E-state index contributed by atoms with van der Waals surface area (Å²) < 4.78 is 0. The third-order valence-corrected chi connectivity index (χ3v) is 4.84. The number of rotatable bonds is 4. The molecule has 2 aromatic rings. The minimum absolute atomic E-state index is 0.146. The molecular weight excluding hydrogens is 320 g/mol. The van der Waals surface area contributed by atoms with Crippen molar-refractivity contribution >= 4 is 17.5 Å². The molecule has 0 bridgehead atoms. The molecule has 1 saturated heterocycles. The highest BCUT2D eigenvalue weighted by Crippen LogP contribution is 2.13. The second-order valence-corrected chi connectivity index (χ2v) is 6.81. The molecule has 1 fully saturated rings. The first kappa shape index (κ1) is 17.0. The molecule has 0 saturated carbocycles. The third kappa shape index (κ3) is 4.37. The van der Waals surface area contributed by atoms with E-state index in [2.05, 4.69) is 17.0 Å². The molecule has 3 rings (SSSR count). The summed E-state index contributed by atoms with van der Waals surface area (Å²) in [5.41, 5.74) is 3.27. The summed E-state index contributed by atoms with van der Waals surface area (Å²) in [4.78, 5) is 16.9. The standard InChI is InChI=1S/C20H23ClN2O/c1-16-2-6-18(7-3-16)20(24)23-14-12-22(13-15-23)11-10-17-4-8-19(21)9-5-17/h2-9H,10-15H2,1H3. The number of hydrogen-bond donors (Lipinski definition) is 0. The molecule has 0 N–H and O–H groups in total. The summed E-state index contributed by atoms with van der Waals surface area (Å²) in [7, 11) is 0. The maximum Gasteiger partial charge on any atom is 0.253 e. The van der Waals surface area contributed by atoms with Gasteiger partial charge in [0.2, 0.25) is 0 Å². The van der Waals surface area contributed by atoms with Gasteiger partial charge in [0.1, 0.15) is 0 Å². The van der Waals surface area contributed by atoms with Crippen molar-refractivity contribution < 1.29 is 4.79 Å². The van der Waals surface area contributed by atoms with E-state index in [1.54, 1.807) is 0 Å². The molecule has 0 unspecified atom stereocenters. The number of carbonyl (C=O) groups is 1. The molecule has 0 spiro atoms. The van der Waals surface area contributed by atoms with Crippen molar-refractivity contribution in [2.45, 2.75) is 13.3 Å². The van der Waals surface area contributed by atoms with Gasteiger partial charge in [-0.3, -0.25) is 9.69 Å². The minimum atomic E-state index is 0.146. The topological polar surface area (TPSA) is 23.6 Å². The summed E-state index contributed by atoms with van der Waals surface area (Å²) in [5, 5.41) is 0.780. The average Bonchev–Trinajstić information content (AvgIpc) is 2.62. The van der Waals surface area contributed by atoms with Gasteiger partial charge in [-0.25, -0.2) is 0 Å². The van der Waals surface area contributed by atoms with Crippen LogP contribution in [0, 0.1) is 6.92 Å². The highest BCUT2D eigenvalue weighted by Gasteiger charge is 2.21. The van der Waals surface area contributed by atoms with Crippen molar-refractivity contribution in [3.63, 3.8) is 0 Å². The van der Waals surface area contributed by atoms with E-state index in [4.69, 9.17) is 11.6 Å². The highest BCUT2D eigenvalue weighted by molar-refractivity contribution is 6.30. The Morgan fingerprint density at radius 3 is 2.21 bits per heavy atom. The lowest BCUT2D eigenvalue weighted by Gasteiger charge is -2.34. The molecule has 0 aromatic heterocycles. The lowest BCUT2D eigenvalue weighted by atomic mass is 10.1.